The van der Waals surface area contributed by atoms with E-state index in [4.69, 9.17) is 16.0 Å². The van der Waals surface area contributed by atoms with Gasteiger partial charge < -0.3 is 4.42 Å². The molecule has 9 heteroatoms. The van der Waals surface area contributed by atoms with E-state index in [1.54, 1.807) is 12.1 Å². The zero-order valence-electron chi connectivity index (χ0n) is 11.0. The van der Waals surface area contributed by atoms with Crippen molar-refractivity contribution in [3.8, 4) is 0 Å². The molecule has 0 atom stereocenters. The molecule has 0 amide bonds. The van der Waals surface area contributed by atoms with E-state index < -0.39 is 31.7 Å². The van der Waals surface area contributed by atoms with Crippen LogP contribution in [0.5, 0.6) is 0 Å². The van der Waals surface area contributed by atoms with Gasteiger partial charge in [-0.1, -0.05) is 11.6 Å². The first kappa shape index (κ1) is 16.9. The molecule has 0 bridgehead atoms. The fourth-order valence-electron chi connectivity index (χ4n) is 1.74. The van der Waals surface area contributed by atoms with Gasteiger partial charge in [0.05, 0.1) is 21.7 Å². The number of hydrogen-bond acceptors (Lipinski definition) is 3. The summed E-state index contributed by atoms with van der Waals surface area (Å²) in [6.07, 6.45) is -3.00. The molecule has 1 aromatic carbocycles. The summed E-state index contributed by atoms with van der Waals surface area (Å²) in [5.41, 5.74) is -1.19. The van der Waals surface area contributed by atoms with Crippen molar-refractivity contribution < 1.29 is 26.0 Å². The SMILES string of the molecule is O=S(=O)(NCCc1ccco1)c1ccc(Cl)c(C(F)(F)F)c1. The molecular formula is C13H11ClF3NO3S. The molecule has 1 aromatic heterocycles. The van der Waals surface area contributed by atoms with E-state index in [2.05, 4.69) is 4.72 Å². The Labute approximate surface area is 129 Å². The maximum absolute atomic E-state index is 12.7. The number of furan rings is 1. The Kier molecular flexibility index (Phi) is 4.84. The van der Waals surface area contributed by atoms with E-state index in [1.807, 2.05) is 0 Å². The van der Waals surface area contributed by atoms with Crippen molar-refractivity contribution in [3.05, 3.63) is 52.9 Å². The highest BCUT2D eigenvalue weighted by atomic mass is 35.5. The Balaban J connectivity index is 2.15. The van der Waals surface area contributed by atoms with Crippen molar-refractivity contribution in [2.75, 3.05) is 6.54 Å². The lowest BCUT2D eigenvalue weighted by Gasteiger charge is -2.11. The lowest BCUT2D eigenvalue weighted by molar-refractivity contribution is -0.137. The van der Waals surface area contributed by atoms with E-state index in [0.717, 1.165) is 12.1 Å². The first-order valence-electron chi connectivity index (χ1n) is 6.09. The van der Waals surface area contributed by atoms with Gasteiger partial charge in [-0.25, -0.2) is 13.1 Å². The second kappa shape index (κ2) is 6.31. The number of benzene rings is 1. The number of nitrogens with one attached hydrogen (secondary N) is 1. The van der Waals surface area contributed by atoms with Crippen LogP contribution >= 0.6 is 11.6 Å². The summed E-state index contributed by atoms with van der Waals surface area (Å²) in [5.74, 6) is 0.565. The zero-order valence-corrected chi connectivity index (χ0v) is 12.6. The molecule has 0 aliphatic heterocycles. The molecule has 0 fully saturated rings. The van der Waals surface area contributed by atoms with Crippen molar-refractivity contribution in [1.29, 1.82) is 0 Å². The maximum atomic E-state index is 12.7. The van der Waals surface area contributed by atoms with Crippen LogP contribution in [-0.4, -0.2) is 15.0 Å². The monoisotopic (exact) mass is 353 g/mol. The van der Waals surface area contributed by atoms with E-state index in [0.29, 0.717) is 11.8 Å². The van der Waals surface area contributed by atoms with Crippen LogP contribution in [-0.2, 0) is 22.6 Å². The fourth-order valence-corrected chi connectivity index (χ4v) is 3.02. The molecule has 0 radical (unpaired) electrons. The lowest BCUT2D eigenvalue weighted by Crippen LogP contribution is -2.26. The lowest BCUT2D eigenvalue weighted by atomic mass is 10.2. The number of alkyl halides is 3. The predicted octanol–water partition coefficient (Wildman–Crippen LogP) is 3.47. The summed E-state index contributed by atoms with van der Waals surface area (Å²) >= 11 is 5.46. The zero-order chi connectivity index (χ0) is 16.4. The first-order chi connectivity index (χ1) is 10.2. The second-order valence-corrected chi connectivity index (χ2v) is 6.54. The van der Waals surface area contributed by atoms with Crippen molar-refractivity contribution in [3.63, 3.8) is 0 Å². The minimum atomic E-state index is -4.73. The van der Waals surface area contributed by atoms with E-state index in [-0.39, 0.29) is 13.0 Å². The minimum Gasteiger partial charge on any atom is -0.469 e. The molecule has 2 rings (SSSR count). The number of rotatable bonds is 5. The highest BCUT2D eigenvalue weighted by molar-refractivity contribution is 7.89. The van der Waals surface area contributed by atoms with Crippen molar-refractivity contribution in [2.45, 2.75) is 17.5 Å². The van der Waals surface area contributed by atoms with Gasteiger partial charge in [-0.05, 0) is 30.3 Å². The first-order valence-corrected chi connectivity index (χ1v) is 7.95. The molecule has 0 saturated heterocycles. The molecule has 4 nitrogen and oxygen atoms in total. The van der Waals surface area contributed by atoms with E-state index in [9.17, 15) is 21.6 Å². The Morgan fingerprint density at radius 3 is 2.55 bits per heavy atom. The second-order valence-electron chi connectivity index (χ2n) is 4.37. The van der Waals surface area contributed by atoms with Crippen LogP contribution < -0.4 is 4.72 Å². The molecule has 0 saturated carbocycles. The summed E-state index contributed by atoms with van der Waals surface area (Å²) in [7, 11) is -4.06. The topological polar surface area (TPSA) is 59.3 Å². The van der Waals surface area contributed by atoms with Gasteiger partial charge in [-0.3, -0.25) is 0 Å². The average molecular weight is 354 g/mol. The van der Waals surface area contributed by atoms with E-state index >= 15 is 0 Å². The minimum absolute atomic E-state index is 0.000174. The van der Waals surface area contributed by atoms with Crippen LogP contribution in [0.2, 0.25) is 5.02 Å². The molecule has 0 aliphatic carbocycles. The van der Waals surface area contributed by atoms with Crippen LogP contribution in [0, 0.1) is 0 Å². The maximum Gasteiger partial charge on any atom is 0.417 e. The smallest absolute Gasteiger partial charge is 0.417 e. The Hall–Kier alpha value is -1.51. The third kappa shape index (κ3) is 4.02. The molecule has 22 heavy (non-hydrogen) atoms. The van der Waals surface area contributed by atoms with Gasteiger partial charge >= 0.3 is 6.18 Å². The van der Waals surface area contributed by atoms with Gasteiger partial charge in [0.1, 0.15) is 5.76 Å². The standard InChI is InChI=1S/C13H11ClF3NO3S/c14-12-4-3-10(8-11(12)13(15,16)17)22(19,20)18-6-5-9-2-1-7-21-9/h1-4,7-8,18H,5-6H2. The molecular weight excluding hydrogens is 343 g/mol. The number of halogens is 4. The number of sulfonamides is 1. The molecule has 2 aromatic rings. The summed E-state index contributed by atoms with van der Waals surface area (Å²) in [4.78, 5) is -0.497. The highest BCUT2D eigenvalue weighted by Gasteiger charge is 2.34. The Morgan fingerprint density at radius 1 is 1.23 bits per heavy atom. The normalized spacial score (nSPS) is 12.5. The van der Waals surface area contributed by atoms with Crippen LogP contribution in [0.25, 0.3) is 0 Å². The summed E-state index contributed by atoms with van der Waals surface area (Å²) in [6.45, 7) is -0.000174. The molecule has 120 valence electrons. The fraction of sp³-hybridized carbons (Fsp3) is 0.231. The average Bonchev–Trinajstić information content (AvgIpc) is 2.90. The van der Waals surface area contributed by atoms with Gasteiger partial charge in [0, 0.05) is 13.0 Å². The summed E-state index contributed by atoms with van der Waals surface area (Å²) in [5, 5.41) is -0.554. The van der Waals surface area contributed by atoms with Gasteiger partial charge in [0.2, 0.25) is 10.0 Å². The Bertz CT molecular complexity index is 742. The van der Waals surface area contributed by atoms with Crippen LogP contribution in [0.4, 0.5) is 13.2 Å². The number of hydrogen-bond donors (Lipinski definition) is 1. The molecule has 1 heterocycles. The van der Waals surface area contributed by atoms with Gasteiger partial charge in [-0.15, -0.1) is 0 Å². The molecule has 0 unspecified atom stereocenters. The van der Waals surface area contributed by atoms with Crippen molar-refractivity contribution >= 4 is 21.6 Å². The summed E-state index contributed by atoms with van der Waals surface area (Å²) in [6, 6.07) is 5.76. The van der Waals surface area contributed by atoms with Crippen LogP contribution in [0.1, 0.15) is 11.3 Å². The third-order valence-corrected chi connectivity index (χ3v) is 4.59. The Morgan fingerprint density at radius 2 is 1.95 bits per heavy atom. The van der Waals surface area contributed by atoms with Crippen LogP contribution in [0.15, 0.2) is 45.9 Å². The molecule has 0 aliphatic rings. The van der Waals surface area contributed by atoms with Crippen LogP contribution in [0.3, 0.4) is 0 Å². The largest absolute Gasteiger partial charge is 0.469 e. The van der Waals surface area contributed by atoms with Gasteiger partial charge in [0.25, 0.3) is 0 Å². The highest BCUT2D eigenvalue weighted by Crippen LogP contribution is 2.35. The van der Waals surface area contributed by atoms with E-state index in [1.165, 1.54) is 6.26 Å². The molecule has 0 spiro atoms. The van der Waals surface area contributed by atoms with Crippen molar-refractivity contribution in [2.24, 2.45) is 0 Å². The predicted molar refractivity (Wildman–Crippen MR) is 74.1 cm³/mol. The molecule has 1 N–H and O–H groups in total. The summed E-state index contributed by atoms with van der Waals surface area (Å²) < 4.78 is 69.5. The quantitative estimate of drug-likeness (QED) is 0.895. The van der Waals surface area contributed by atoms with Gasteiger partial charge in [-0.2, -0.15) is 13.2 Å². The van der Waals surface area contributed by atoms with Crippen molar-refractivity contribution in [1.82, 2.24) is 4.72 Å². The third-order valence-electron chi connectivity index (χ3n) is 2.80. The van der Waals surface area contributed by atoms with Gasteiger partial charge in [0.15, 0.2) is 0 Å².